The summed E-state index contributed by atoms with van der Waals surface area (Å²) in [6.07, 6.45) is -2.70. The van der Waals surface area contributed by atoms with E-state index in [4.69, 9.17) is 0 Å². The number of hydrogen-bond acceptors (Lipinski definition) is 3. The van der Waals surface area contributed by atoms with Gasteiger partial charge in [0.15, 0.2) is 0 Å². The van der Waals surface area contributed by atoms with Gasteiger partial charge >= 0.3 is 6.18 Å². The lowest BCUT2D eigenvalue weighted by atomic mass is 10.2. The van der Waals surface area contributed by atoms with Crippen LogP contribution >= 0.6 is 0 Å². The average molecular weight is 269 g/mol. The fourth-order valence-electron chi connectivity index (χ4n) is 1.72. The second kappa shape index (κ2) is 5.42. The molecule has 0 aliphatic heterocycles. The van der Waals surface area contributed by atoms with E-state index in [9.17, 15) is 13.2 Å². The maximum Gasteiger partial charge on any atom is 0.451 e. The number of aromatic nitrogens is 2. The maximum atomic E-state index is 12.7. The van der Waals surface area contributed by atoms with Crippen LogP contribution in [0.15, 0.2) is 24.3 Å². The topological polar surface area (TPSA) is 37.8 Å². The molecule has 2 aromatic rings. The van der Waals surface area contributed by atoms with Gasteiger partial charge in [-0.15, -0.1) is 0 Å². The van der Waals surface area contributed by atoms with Crippen LogP contribution in [0.4, 0.5) is 19.0 Å². The molecule has 0 fully saturated rings. The molecule has 0 aliphatic carbocycles. The second-order valence-corrected chi connectivity index (χ2v) is 4.19. The molecule has 2 rings (SSSR count). The highest BCUT2D eigenvalue weighted by Gasteiger charge is 2.35. The highest BCUT2D eigenvalue weighted by Crippen LogP contribution is 2.30. The van der Waals surface area contributed by atoms with E-state index in [1.807, 2.05) is 6.92 Å². The number of rotatable bonds is 4. The summed E-state index contributed by atoms with van der Waals surface area (Å²) in [6, 6.07) is 6.68. The molecule has 19 heavy (non-hydrogen) atoms. The number of anilines is 1. The molecule has 0 atom stereocenters. The molecule has 0 saturated carbocycles. The third-order valence-corrected chi connectivity index (χ3v) is 2.68. The van der Waals surface area contributed by atoms with Crippen molar-refractivity contribution < 1.29 is 13.2 Å². The minimum Gasteiger partial charge on any atom is -0.369 e. The van der Waals surface area contributed by atoms with Gasteiger partial charge in [0.25, 0.3) is 0 Å². The molecule has 1 N–H and O–H groups in total. The largest absolute Gasteiger partial charge is 0.451 e. The van der Waals surface area contributed by atoms with Gasteiger partial charge in [-0.3, -0.25) is 0 Å². The van der Waals surface area contributed by atoms with Crippen molar-refractivity contribution in [1.82, 2.24) is 9.97 Å². The molecule has 0 aliphatic rings. The van der Waals surface area contributed by atoms with Crippen molar-refractivity contribution in [2.75, 3.05) is 11.9 Å². The van der Waals surface area contributed by atoms with E-state index in [0.29, 0.717) is 17.4 Å². The van der Waals surface area contributed by atoms with E-state index in [2.05, 4.69) is 15.3 Å². The van der Waals surface area contributed by atoms with Gasteiger partial charge < -0.3 is 5.32 Å². The van der Waals surface area contributed by atoms with Crippen molar-refractivity contribution in [2.45, 2.75) is 25.9 Å². The molecule has 0 bridgehead atoms. The Morgan fingerprint density at radius 2 is 1.89 bits per heavy atom. The van der Waals surface area contributed by atoms with Crippen LogP contribution in [-0.4, -0.2) is 16.5 Å². The van der Waals surface area contributed by atoms with E-state index in [1.54, 1.807) is 24.3 Å². The van der Waals surface area contributed by atoms with Crippen LogP contribution in [0.3, 0.4) is 0 Å². The van der Waals surface area contributed by atoms with E-state index in [-0.39, 0.29) is 5.82 Å². The predicted octanol–water partition coefficient (Wildman–Crippen LogP) is 3.86. The third kappa shape index (κ3) is 3.13. The number of unbranched alkanes of at least 4 members (excludes halogenated alkanes) is 1. The zero-order chi connectivity index (χ0) is 13.9. The van der Waals surface area contributed by atoms with Crippen LogP contribution < -0.4 is 5.32 Å². The molecule has 0 amide bonds. The molecule has 6 heteroatoms. The number of benzene rings is 1. The molecular weight excluding hydrogens is 255 g/mol. The van der Waals surface area contributed by atoms with Gasteiger partial charge in [0.1, 0.15) is 5.82 Å². The average Bonchev–Trinajstić information content (AvgIpc) is 2.37. The summed E-state index contributed by atoms with van der Waals surface area (Å²) in [7, 11) is 0. The fraction of sp³-hybridized carbons (Fsp3) is 0.385. The smallest absolute Gasteiger partial charge is 0.369 e. The first-order valence-corrected chi connectivity index (χ1v) is 6.10. The van der Waals surface area contributed by atoms with Crippen LogP contribution in [0.5, 0.6) is 0 Å². The number of hydrogen-bond donors (Lipinski definition) is 1. The highest BCUT2D eigenvalue weighted by molar-refractivity contribution is 5.89. The summed E-state index contributed by atoms with van der Waals surface area (Å²) in [4.78, 5) is 7.16. The Hall–Kier alpha value is -1.85. The molecular formula is C13H14F3N3. The first-order chi connectivity index (χ1) is 9.02. The van der Waals surface area contributed by atoms with Crippen molar-refractivity contribution in [3.05, 3.63) is 30.1 Å². The van der Waals surface area contributed by atoms with Gasteiger partial charge in [0.05, 0.1) is 5.52 Å². The minimum absolute atomic E-state index is 0.242. The third-order valence-electron chi connectivity index (χ3n) is 2.68. The van der Waals surface area contributed by atoms with Gasteiger partial charge in [0, 0.05) is 11.9 Å². The molecule has 1 aromatic carbocycles. The molecule has 1 aromatic heterocycles. The molecule has 0 spiro atoms. The summed E-state index contributed by atoms with van der Waals surface area (Å²) < 4.78 is 38.2. The summed E-state index contributed by atoms with van der Waals surface area (Å²) in [5.41, 5.74) is 0.295. The molecule has 1 heterocycles. The van der Waals surface area contributed by atoms with Crippen molar-refractivity contribution in [3.8, 4) is 0 Å². The van der Waals surface area contributed by atoms with Crippen LogP contribution in [0.2, 0.25) is 0 Å². The fourth-order valence-corrected chi connectivity index (χ4v) is 1.72. The van der Waals surface area contributed by atoms with Crippen molar-refractivity contribution in [2.24, 2.45) is 0 Å². The number of para-hydroxylation sites is 1. The first kappa shape index (κ1) is 13.6. The molecule has 0 unspecified atom stereocenters. The van der Waals surface area contributed by atoms with E-state index in [1.165, 1.54) is 0 Å². The van der Waals surface area contributed by atoms with Crippen molar-refractivity contribution in [3.63, 3.8) is 0 Å². The van der Waals surface area contributed by atoms with Crippen LogP contribution in [0.1, 0.15) is 25.6 Å². The van der Waals surface area contributed by atoms with Gasteiger partial charge in [-0.1, -0.05) is 25.5 Å². The lowest BCUT2D eigenvalue weighted by Crippen LogP contribution is -2.14. The maximum absolute atomic E-state index is 12.7. The minimum atomic E-state index is -4.54. The Morgan fingerprint density at radius 3 is 2.58 bits per heavy atom. The SMILES string of the molecule is CCCCNc1nc(C(F)(F)F)nc2ccccc12. The van der Waals surface area contributed by atoms with Crippen LogP contribution in [-0.2, 0) is 6.18 Å². The van der Waals surface area contributed by atoms with Gasteiger partial charge in [-0.05, 0) is 18.6 Å². The Labute approximate surface area is 108 Å². The second-order valence-electron chi connectivity index (χ2n) is 4.19. The van der Waals surface area contributed by atoms with E-state index >= 15 is 0 Å². The molecule has 3 nitrogen and oxygen atoms in total. The highest BCUT2D eigenvalue weighted by atomic mass is 19.4. The Morgan fingerprint density at radius 1 is 1.16 bits per heavy atom. The quantitative estimate of drug-likeness (QED) is 0.856. The summed E-state index contributed by atoms with van der Waals surface area (Å²) in [5, 5.41) is 3.55. The van der Waals surface area contributed by atoms with Gasteiger partial charge in [0.2, 0.25) is 5.82 Å². The number of nitrogens with one attached hydrogen (secondary N) is 1. The monoisotopic (exact) mass is 269 g/mol. The predicted molar refractivity (Wildman–Crippen MR) is 67.9 cm³/mol. The summed E-state index contributed by atoms with van der Waals surface area (Å²) in [5.74, 6) is -0.864. The molecule has 102 valence electrons. The van der Waals surface area contributed by atoms with Crippen molar-refractivity contribution >= 4 is 16.7 Å². The standard InChI is InChI=1S/C13H14F3N3/c1-2-3-8-17-11-9-6-4-5-7-10(9)18-12(19-11)13(14,15)16/h4-7H,2-3,8H2,1H3,(H,17,18,19). The zero-order valence-electron chi connectivity index (χ0n) is 10.5. The summed E-state index contributed by atoms with van der Waals surface area (Å²) >= 11 is 0. The van der Waals surface area contributed by atoms with E-state index < -0.39 is 12.0 Å². The number of alkyl halides is 3. The van der Waals surface area contributed by atoms with Crippen LogP contribution in [0.25, 0.3) is 10.9 Å². The first-order valence-electron chi connectivity index (χ1n) is 6.10. The Kier molecular flexibility index (Phi) is 3.87. The Bertz CT molecular complexity index is 567. The number of fused-ring (bicyclic) bond motifs is 1. The lowest BCUT2D eigenvalue weighted by Gasteiger charge is -2.11. The molecule has 0 radical (unpaired) electrons. The number of nitrogens with zero attached hydrogens (tertiary/aromatic N) is 2. The lowest BCUT2D eigenvalue weighted by molar-refractivity contribution is -0.144. The Balaban J connectivity index is 2.46. The van der Waals surface area contributed by atoms with Gasteiger partial charge in [-0.2, -0.15) is 13.2 Å². The van der Waals surface area contributed by atoms with Crippen LogP contribution in [0, 0.1) is 0 Å². The number of halogens is 3. The van der Waals surface area contributed by atoms with Crippen molar-refractivity contribution in [1.29, 1.82) is 0 Å². The van der Waals surface area contributed by atoms with Gasteiger partial charge in [-0.25, -0.2) is 9.97 Å². The molecule has 0 saturated heterocycles. The normalized spacial score (nSPS) is 11.8. The van der Waals surface area contributed by atoms with E-state index in [0.717, 1.165) is 12.8 Å². The zero-order valence-corrected chi connectivity index (χ0v) is 10.5. The summed E-state index contributed by atoms with van der Waals surface area (Å²) in [6.45, 7) is 2.61.